The molecule has 2 saturated carbocycles. The van der Waals surface area contributed by atoms with Gasteiger partial charge in [0.2, 0.25) is 5.91 Å². The van der Waals surface area contributed by atoms with Crippen molar-refractivity contribution in [2.75, 3.05) is 6.61 Å². The van der Waals surface area contributed by atoms with Gasteiger partial charge in [0.25, 0.3) is 0 Å². The maximum atomic E-state index is 12.4. The summed E-state index contributed by atoms with van der Waals surface area (Å²) in [6.07, 6.45) is 7.63. The third-order valence-electron chi connectivity index (χ3n) is 5.38. The van der Waals surface area contributed by atoms with Crippen LogP contribution >= 0.6 is 0 Å². The maximum Gasteiger partial charge on any atom is 0.243 e. The monoisotopic (exact) mass is 328 g/mol. The van der Waals surface area contributed by atoms with Crippen molar-refractivity contribution in [3.63, 3.8) is 0 Å². The Morgan fingerprint density at radius 1 is 1.12 bits per heavy atom. The molecule has 1 N–H and O–H groups in total. The Balaban J connectivity index is 1.55. The maximum absolute atomic E-state index is 12.4. The van der Waals surface area contributed by atoms with Crippen molar-refractivity contribution in [1.29, 1.82) is 0 Å². The number of hydrazone groups is 1. The molecule has 3 rings (SSSR count). The number of hydrogen-bond donors (Lipinski definition) is 1. The van der Waals surface area contributed by atoms with Crippen LogP contribution in [0.5, 0.6) is 5.75 Å². The number of ether oxygens (including phenoxy) is 1. The summed E-state index contributed by atoms with van der Waals surface area (Å²) >= 11 is 0. The van der Waals surface area contributed by atoms with E-state index in [2.05, 4.69) is 10.5 Å². The Morgan fingerprint density at radius 3 is 2.33 bits per heavy atom. The Bertz CT molecular complexity index is 580. The average molecular weight is 328 g/mol. The molecule has 2 aliphatic carbocycles. The zero-order valence-electron chi connectivity index (χ0n) is 14.8. The van der Waals surface area contributed by atoms with Gasteiger partial charge in [0.1, 0.15) is 5.75 Å². The molecule has 24 heavy (non-hydrogen) atoms. The summed E-state index contributed by atoms with van der Waals surface area (Å²) in [6.45, 7) is 4.55. The average Bonchev–Trinajstić information content (AvgIpc) is 3.24. The minimum atomic E-state index is 0.109. The number of benzene rings is 1. The topological polar surface area (TPSA) is 50.7 Å². The van der Waals surface area contributed by atoms with Crippen LogP contribution in [-0.2, 0) is 4.79 Å². The van der Waals surface area contributed by atoms with Crippen LogP contribution in [0.2, 0.25) is 0 Å². The summed E-state index contributed by atoms with van der Waals surface area (Å²) < 4.78 is 5.44. The Hall–Kier alpha value is -1.84. The van der Waals surface area contributed by atoms with Gasteiger partial charge in [-0.3, -0.25) is 4.79 Å². The molecule has 4 nitrogen and oxygen atoms in total. The third kappa shape index (κ3) is 3.97. The van der Waals surface area contributed by atoms with E-state index in [1.165, 1.54) is 38.5 Å². The molecule has 0 aromatic heterocycles. The van der Waals surface area contributed by atoms with Gasteiger partial charge < -0.3 is 4.74 Å². The van der Waals surface area contributed by atoms with E-state index < -0.39 is 0 Å². The number of carbonyl (C=O) groups excluding carboxylic acids is 1. The number of amides is 1. The summed E-state index contributed by atoms with van der Waals surface area (Å²) in [5, 5.41) is 4.31. The zero-order valence-corrected chi connectivity index (χ0v) is 14.8. The summed E-state index contributed by atoms with van der Waals surface area (Å²) in [5.41, 5.74) is 4.62. The highest BCUT2D eigenvalue weighted by atomic mass is 16.5. The van der Waals surface area contributed by atoms with Crippen molar-refractivity contribution < 1.29 is 9.53 Å². The first-order chi connectivity index (χ1) is 11.7. The first-order valence-corrected chi connectivity index (χ1v) is 9.28. The molecule has 4 heteroatoms. The number of hydrogen-bond acceptors (Lipinski definition) is 3. The molecular formula is C20H28N2O2. The molecule has 2 aliphatic rings. The summed E-state index contributed by atoms with van der Waals surface area (Å²) in [4.78, 5) is 12.4. The molecular weight excluding hydrogens is 300 g/mol. The third-order valence-corrected chi connectivity index (χ3v) is 5.38. The van der Waals surface area contributed by atoms with E-state index in [0.717, 1.165) is 17.0 Å². The van der Waals surface area contributed by atoms with Gasteiger partial charge in [-0.15, -0.1) is 0 Å². The van der Waals surface area contributed by atoms with Crippen LogP contribution in [-0.4, -0.2) is 18.2 Å². The lowest BCUT2D eigenvalue weighted by molar-refractivity contribution is -0.122. The van der Waals surface area contributed by atoms with Crippen molar-refractivity contribution in [2.24, 2.45) is 22.9 Å². The van der Waals surface area contributed by atoms with E-state index in [9.17, 15) is 4.79 Å². The van der Waals surface area contributed by atoms with Crippen molar-refractivity contribution in [3.05, 3.63) is 29.8 Å². The number of nitrogens with zero attached hydrogens (tertiary/aromatic N) is 1. The van der Waals surface area contributed by atoms with Gasteiger partial charge in [-0.2, -0.15) is 5.10 Å². The Labute approximate surface area is 144 Å². The van der Waals surface area contributed by atoms with Crippen LogP contribution in [0.3, 0.4) is 0 Å². The molecule has 1 aromatic rings. The molecule has 2 unspecified atom stereocenters. The van der Waals surface area contributed by atoms with E-state index in [1.54, 1.807) is 0 Å². The highest BCUT2D eigenvalue weighted by Gasteiger charge is 2.53. The van der Waals surface area contributed by atoms with E-state index in [0.29, 0.717) is 18.4 Å². The molecule has 2 atom stereocenters. The lowest BCUT2D eigenvalue weighted by atomic mass is 10.0. The van der Waals surface area contributed by atoms with Crippen LogP contribution < -0.4 is 10.2 Å². The predicted octanol–water partition coefficient (Wildman–Crippen LogP) is 4.14. The molecule has 0 spiro atoms. The quantitative estimate of drug-likeness (QED) is 0.652. The van der Waals surface area contributed by atoms with Crippen molar-refractivity contribution in [1.82, 2.24) is 5.43 Å². The number of nitrogens with one attached hydrogen (secondary N) is 1. The molecule has 130 valence electrons. The molecule has 0 saturated heterocycles. The second kappa shape index (κ2) is 7.82. The predicted molar refractivity (Wildman–Crippen MR) is 96.1 cm³/mol. The van der Waals surface area contributed by atoms with E-state index in [4.69, 9.17) is 4.74 Å². The Morgan fingerprint density at radius 2 is 1.75 bits per heavy atom. The van der Waals surface area contributed by atoms with Gasteiger partial charge in [0.15, 0.2) is 0 Å². The second-order valence-corrected chi connectivity index (χ2v) is 6.98. The number of fused-ring (bicyclic) bond motifs is 1. The zero-order chi connectivity index (χ0) is 16.9. The molecule has 0 aliphatic heterocycles. The fourth-order valence-corrected chi connectivity index (χ4v) is 3.97. The second-order valence-electron chi connectivity index (χ2n) is 6.98. The molecule has 0 bridgehead atoms. The van der Waals surface area contributed by atoms with Crippen molar-refractivity contribution in [3.8, 4) is 5.75 Å². The molecule has 0 radical (unpaired) electrons. The van der Waals surface area contributed by atoms with Gasteiger partial charge >= 0.3 is 0 Å². The lowest BCUT2D eigenvalue weighted by Crippen LogP contribution is -2.22. The normalized spacial score (nSPS) is 26.8. The Kier molecular flexibility index (Phi) is 5.54. The van der Waals surface area contributed by atoms with Gasteiger partial charge in [-0.05, 0) is 68.4 Å². The van der Waals surface area contributed by atoms with Crippen molar-refractivity contribution >= 4 is 11.6 Å². The van der Waals surface area contributed by atoms with Gasteiger partial charge in [0.05, 0.1) is 12.3 Å². The van der Waals surface area contributed by atoms with Crippen molar-refractivity contribution in [2.45, 2.75) is 52.4 Å². The first kappa shape index (κ1) is 17.0. The van der Waals surface area contributed by atoms with Gasteiger partial charge in [0, 0.05) is 5.92 Å². The standard InChI is InChI=1S/C20H28N2O2/c1-3-24-16-12-10-15(11-13-16)14(2)21-22-20(23)19-17-8-6-4-5-7-9-18(17)19/h10-13,17-19H,3-9H2,1-2H3,(H,22,23)/b21-14+. The molecule has 1 aromatic carbocycles. The fourth-order valence-electron chi connectivity index (χ4n) is 3.97. The van der Waals surface area contributed by atoms with Gasteiger partial charge in [-0.1, -0.05) is 25.7 Å². The largest absolute Gasteiger partial charge is 0.494 e. The fraction of sp³-hybridized carbons (Fsp3) is 0.600. The number of rotatable bonds is 5. The molecule has 1 amide bonds. The highest BCUT2D eigenvalue weighted by Crippen LogP contribution is 2.53. The summed E-state index contributed by atoms with van der Waals surface area (Å²) in [6, 6.07) is 7.81. The van der Waals surface area contributed by atoms with Crippen LogP contribution in [0.4, 0.5) is 0 Å². The van der Waals surface area contributed by atoms with E-state index in [-0.39, 0.29) is 11.8 Å². The summed E-state index contributed by atoms with van der Waals surface area (Å²) in [7, 11) is 0. The van der Waals surface area contributed by atoms with Crippen LogP contribution in [0.1, 0.15) is 57.9 Å². The van der Waals surface area contributed by atoms with Crippen LogP contribution in [0, 0.1) is 17.8 Å². The number of carbonyl (C=O) groups is 1. The first-order valence-electron chi connectivity index (χ1n) is 9.28. The van der Waals surface area contributed by atoms with Crippen LogP contribution in [0.15, 0.2) is 29.4 Å². The minimum Gasteiger partial charge on any atom is -0.494 e. The highest BCUT2D eigenvalue weighted by molar-refractivity contribution is 5.99. The van der Waals surface area contributed by atoms with Crippen LogP contribution in [0.25, 0.3) is 0 Å². The lowest BCUT2D eigenvalue weighted by Gasteiger charge is -2.05. The molecule has 2 fully saturated rings. The minimum absolute atomic E-state index is 0.109. The smallest absolute Gasteiger partial charge is 0.243 e. The van der Waals surface area contributed by atoms with Gasteiger partial charge in [-0.25, -0.2) is 5.43 Å². The molecule has 0 heterocycles. The van der Waals surface area contributed by atoms with E-state index >= 15 is 0 Å². The SMILES string of the molecule is CCOc1ccc(/C(C)=N/NC(=O)C2C3CCCCCCC32)cc1. The summed E-state index contributed by atoms with van der Waals surface area (Å²) in [5.74, 6) is 2.36. The van der Waals surface area contributed by atoms with E-state index in [1.807, 2.05) is 38.1 Å².